The average molecular weight is 392 g/mol. The van der Waals surface area contributed by atoms with E-state index >= 15 is 0 Å². The van der Waals surface area contributed by atoms with Crippen molar-refractivity contribution in [3.8, 4) is 11.6 Å². The highest BCUT2D eigenvalue weighted by atomic mass is 32.2. The summed E-state index contributed by atoms with van der Waals surface area (Å²) >= 11 is 0. The molecule has 0 atom stereocenters. The Kier molecular flexibility index (Phi) is 4.83. The summed E-state index contributed by atoms with van der Waals surface area (Å²) in [6.45, 7) is 1.79. The van der Waals surface area contributed by atoms with Crippen molar-refractivity contribution in [1.29, 1.82) is 0 Å². The Morgan fingerprint density at radius 1 is 1.33 bits per heavy atom. The van der Waals surface area contributed by atoms with Crippen LogP contribution in [0.4, 0.5) is 4.79 Å². The van der Waals surface area contributed by atoms with Gasteiger partial charge in [-0.2, -0.15) is 5.10 Å². The van der Waals surface area contributed by atoms with Crippen molar-refractivity contribution in [2.24, 2.45) is 7.05 Å². The van der Waals surface area contributed by atoms with Gasteiger partial charge in [-0.1, -0.05) is 0 Å². The number of hydrogen-bond acceptors (Lipinski definition) is 5. The highest BCUT2D eigenvalue weighted by molar-refractivity contribution is 7.90. The molecule has 3 rings (SSSR count). The highest BCUT2D eigenvalue weighted by Crippen LogP contribution is 2.27. The number of aryl methyl sites for hydroxylation is 2. The van der Waals surface area contributed by atoms with Gasteiger partial charge in [0.1, 0.15) is 11.6 Å². The Labute approximate surface area is 156 Å². The fraction of sp³-hybridized carbons (Fsp3) is 0.294. The van der Waals surface area contributed by atoms with E-state index in [-0.39, 0.29) is 12.2 Å². The van der Waals surface area contributed by atoms with Gasteiger partial charge < -0.3 is 14.4 Å². The standard InChI is InChI=1S/C17H20N4O5S/c1-11-14(7-9-27(24,25)19-17(22)23)16(20(2)18-11)21-8-6-12-4-5-13(26-3)10-15(12)21/h4-6,8,10,19H,7,9H2,1-3H3,(H,22,23). The van der Waals surface area contributed by atoms with Crippen LogP contribution < -0.4 is 9.46 Å². The van der Waals surface area contributed by atoms with Crippen LogP contribution in [0.2, 0.25) is 0 Å². The number of carboxylic acid groups (broad SMARTS) is 1. The molecule has 0 fully saturated rings. The first kappa shape index (κ1) is 18.8. The lowest BCUT2D eigenvalue weighted by Gasteiger charge is -2.11. The topological polar surface area (TPSA) is 115 Å². The minimum absolute atomic E-state index is 0.126. The molecule has 2 heterocycles. The van der Waals surface area contributed by atoms with E-state index in [4.69, 9.17) is 9.84 Å². The van der Waals surface area contributed by atoms with Crippen molar-refractivity contribution in [3.63, 3.8) is 0 Å². The zero-order chi connectivity index (χ0) is 19.8. The Morgan fingerprint density at radius 3 is 2.74 bits per heavy atom. The monoisotopic (exact) mass is 392 g/mol. The van der Waals surface area contributed by atoms with Crippen LogP contribution in [0.1, 0.15) is 11.3 Å². The first-order valence-electron chi connectivity index (χ1n) is 8.13. The third-order valence-corrected chi connectivity index (χ3v) is 5.53. The summed E-state index contributed by atoms with van der Waals surface area (Å²) < 4.78 is 34.2. The second-order valence-electron chi connectivity index (χ2n) is 6.10. The molecular weight excluding hydrogens is 372 g/mol. The number of hydrogen-bond donors (Lipinski definition) is 2. The Hall–Kier alpha value is -3.01. The number of rotatable bonds is 6. The van der Waals surface area contributed by atoms with E-state index in [1.807, 2.05) is 35.0 Å². The number of nitrogens with zero attached hydrogens (tertiary/aromatic N) is 3. The Bertz CT molecular complexity index is 1110. The van der Waals surface area contributed by atoms with Crippen LogP contribution >= 0.6 is 0 Å². The largest absolute Gasteiger partial charge is 0.497 e. The molecule has 0 aliphatic rings. The van der Waals surface area contributed by atoms with E-state index in [0.717, 1.165) is 22.3 Å². The zero-order valence-electron chi connectivity index (χ0n) is 15.1. The summed E-state index contributed by atoms with van der Waals surface area (Å²) in [6, 6.07) is 7.65. The molecule has 0 saturated heterocycles. The van der Waals surface area contributed by atoms with E-state index in [1.165, 1.54) is 0 Å². The molecule has 1 aromatic carbocycles. The fourth-order valence-electron chi connectivity index (χ4n) is 3.12. The predicted molar refractivity (Wildman–Crippen MR) is 100.0 cm³/mol. The third-order valence-electron chi connectivity index (χ3n) is 4.31. The van der Waals surface area contributed by atoms with Crippen LogP contribution in [-0.2, 0) is 23.5 Å². The van der Waals surface area contributed by atoms with Crippen LogP contribution in [0.3, 0.4) is 0 Å². The number of ether oxygens (including phenoxy) is 1. The van der Waals surface area contributed by atoms with Gasteiger partial charge in [0.05, 0.1) is 24.1 Å². The van der Waals surface area contributed by atoms with Crippen molar-refractivity contribution in [2.75, 3.05) is 12.9 Å². The molecule has 0 spiro atoms. The first-order chi connectivity index (χ1) is 12.7. The first-order valence-corrected chi connectivity index (χ1v) is 9.78. The number of fused-ring (bicyclic) bond motifs is 1. The molecule has 0 unspecified atom stereocenters. The molecular formula is C17H20N4O5S. The zero-order valence-corrected chi connectivity index (χ0v) is 15.9. The summed E-state index contributed by atoms with van der Waals surface area (Å²) in [5, 5.41) is 14.1. The summed E-state index contributed by atoms with van der Waals surface area (Å²) in [4.78, 5) is 10.6. The molecule has 2 aromatic heterocycles. The highest BCUT2D eigenvalue weighted by Gasteiger charge is 2.20. The number of methoxy groups -OCH3 is 1. The quantitative estimate of drug-likeness (QED) is 0.661. The van der Waals surface area contributed by atoms with Crippen LogP contribution in [0, 0.1) is 6.92 Å². The van der Waals surface area contributed by atoms with Crippen LogP contribution in [0.25, 0.3) is 16.7 Å². The van der Waals surface area contributed by atoms with E-state index in [9.17, 15) is 13.2 Å². The van der Waals surface area contributed by atoms with Crippen LogP contribution in [-0.4, -0.2) is 46.8 Å². The van der Waals surface area contributed by atoms with E-state index in [0.29, 0.717) is 11.4 Å². The van der Waals surface area contributed by atoms with Crippen molar-refractivity contribution in [3.05, 3.63) is 41.7 Å². The van der Waals surface area contributed by atoms with Crippen molar-refractivity contribution >= 4 is 27.0 Å². The van der Waals surface area contributed by atoms with E-state index in [2.05, 4.69) is 5.10 Å². The average Bonchev–Trinajstić information content (AvgIpc) is 3.11. The second kappa shape index (κ2) is 6.95. The third kappa shape index (κ3) is 3.75. The van der Waals surface area contributed by atoms with Crippen LogP contribution in [0.5, 0.6) is 5.75 Å². The van der Waals surface area contributed by atoms with Gasteiger partial charge >= 0.3 is 6.09 Å². The van der Waals surface area contributed by atoms with Gasteiger partial charge in [-0.3, -0.25) is 4.68 Å². The lowest BCUT2D eigenvalue weighted by Crippen LogP contribution is -2.31. The van der Waals surface area contributed by atoms with Gasteiger partial charge in [0.2, 0.25) is 10.0 Å². The molecule has 0 radical (unpaired) electrons. The van der Waals surface area contributed by atoms with Crippen molar-refractivity contribution in [2.45, 2.75) is 13.3 Å². The van der Waals surface area contributed by atoms with Gasteiger partial charge in [-0.25, -0.2) is 17.9 Å². The van der Waals surface area contributed by atoms with Gasteiger partial charge in [0, 0.05) is 30.3 Å². The maximum Gasteiger partial charge on any atom is 0.418 e. The number of benzene rings is 1. The molecule has 144 valence electrons. The number of aromatic nitrogens is 3. The summed E-state index contributed by atoms with van der Waals surface area (Å²) in [5.41, 5.74) is 2.31. The smallest absolute Gasteiger partial charge is 0.418 e. The van der Waals surface area contributed by atoms with E-state index in [1.54, 1.807) is 30.5 Å². The maximum atomic E-state index is 11.9. The van der Waals surface area contributed by atoms with Gasteiger partial charge in [0.25, 0.3) is 0 Å². The molecule has 1 amide bonds. The lowest BCUT2D eigenvalue weighted by atomic mass is 10.2. The molecule has 0 bridgehead atoms. The minimum Gasteiger partial charge on any atom is -0.497 e. The Morgan fingerprint density at radius 2 is 2.07 bits per heavy atom. The van der Waals surface area contributed by atoms with Crippen LogP contribution in [0.15, 0.2) is 30.5 Å². The normalized spacial score (nSPS) is 11.7. The second-order valence-corrected chi connectivity index (χ2v) is 7.94. The molecule has 27 heavy (non-hydrogen) atoms. The Balaban J connectivity index is 2.04. The molecule has 9 nitrogen and oxygen atoms in total. The summed E-state index contributed by atoms with van der Waals surface area (Å²) in [7, 11) is -0.570. The minimum atomic E-state index is -3.94. The molecule has 0 aliphatic heterocycles. The van der Waals surface area contributed by atoms with E-state index < -0.39 is 16.1 Å². The number of nitrogens with one attached hydrogen (secondary N) is 1. The number of sulfonamides is 1. The SMILES string of the molecule is COc1ccc2ccn(-c3c(CCS(=O)(=O)NC(=O)O)c(C)nn3C)c2c1. The van der Waals surface area contributed by atoms with Crippen molar-refractivity contribution in [1.82, 2.24) is 19.1 Å². The van der Waals surface area contributed by atoms with Gasteiger partial charge in [0.15, 0.2) is 0 Å². The molecule has 3 aromatic rings. The van der Waals surface area contributed by atoms with Gasteiger partial charge in [-0.05, 0) is 31.5 Å². The predicted octanol–water partition coefficient (Wildman–Crippen LogP) is 1.82. The maximum absolute atomic E-state index is 11.9. The molecule has 10 heteroatoms. The molecule has 2 N–H and O–H groups in total. The van der Waals surface area contributed by atoms with Gasteiger partial charge in [-0.15, -0.1) is 0 Å². The van der Waals surface area contributed by atoms with Crippen molar-refractivity contribution < 1.29 is 23.1 Å². The molecule has 0 aliphatic carbocycles. The fourth-order valence-corrected chi connectivity index (χ4v) is 3.97. The summed E-state index contributed by atoms with van der Waals surface area (Å²) in [5.74, 6) is 1.07. The lowest BCUT2D eigenvalue weighted by molar-refractivity contribution is 0.201. The molecule has 0 saturated carbocycles. The number of carbonyl (C=O) groups is 1. The number of amides is 1. The summed E-state index contributed by atoms with van der Waals surface area (Å²) in [6.07, 6.45) is 0.414.